The van der Waals surface area contributed by atoms with Gasteiger partial charge in [-0.05, 0) is 152 Å². The van der Waals surface area contributed by atoms with Crippen LogP contribution in [0.15, 0.2) is 131 Å². The fourth-order valence-electron chi connectivity index (χ4n) is 9.20. The van der Waals surface area contributed by atoms with Crippen LogP contribution in [0.1, 0.15) is 44.1 Å². The van der Waals surface area contributed by atoms with Crippen LogP contribution in [-0.4, -0.2) is 0 Å². The molecule has 0 unspecified atom stereocenters. The van der Waals surface area contributed by atoms with Crippen molar-refractivity contribution < 1.29 is 4.39 Å². The molecule has 0 radical (unpaired) electrons. The molecule has 10 rings (SSSR count). The number of halogens is 1. The number of para-hydroxylation sites is 2. The summed E-state index contributed by atoms with van der Waals surface area (Å²) in [6.45, 7) is 0. The zero-order chi connectivity index (χ0) is 29.3. The Morgan fingerprint density at radius 3 is 1.55 bits per heavy atom. The van der Waals surface area contributed by atoms with E-state index in [1.165, 1.54) is 65.3 Å². The number of nitrogens with zero attached hydrogens (tertiary/aromatic N) is 2. The molecule has 218 valence electrons. The van der Waals surface area contributed by atoms with Gasteiger partial charge in [-0.25, -0.2) is 4.39 Å². The van der Waals surface area contributed by atoms with Gasteiger partial charge in [-0.3, -0.25) is 0 Å². The minimum atomic E-state index is -0.221. The maximum atomic E-state index is 14.0. The average Bonchev–Trinajstić information content (AvgIpc) is 3.05. The van der Waals surface area contributed by atoms with Crippen LogP contribution in [0.2, 0.25) is 0 Å². The first-order chi connectivity index (χ1) is 21.6. The summed E-state index contributed by atoms with van der Waals surface area (Å²) in [4.78, 5) is 7.11. The molecule has 0 spiro atoms. The van der Waals surface area contributed by atoms with Crippen molar-refractivity contribution in [2.75, 3.05) is 9.80 Å². The van der Waals surface area contributed by atoms with Crippen LogP contribution in [0.5, 0.6) is 0 Å². The largest absolute Gasteiger partial charge is 0.311 e. The summed E-state index contributed by atoms with van der Waals surface area (Å²) in [6, 6.07) is 42.3. The highest BCUT2D eigenvalue weighted by Gasteiger charge is 2.51. The predicted octanol–water partition coefficient (Wildman–Crippen LogP) is 11.7. The molecular weight excluding hydrogens is 560 g/mol. The van der Waals surface area contributed by atoms with E-state index in [-0.39, 0.29) is 5.82 Å². The summed E-state index contributed by atoms with van der Waals surface area (Å²) in [5, 5.41) is 0. The topological polar surface area (TPSA) is 6.48 Å². The Bertz CT molecular complexity index is 1750. The molecule has 5 aromatic rings. The molecular formula is C40H35FN2S. The van der Waals surface area contributed by atoms with E-state index in [2.05, 4.69) is 107 Å². The van der Waals surface area contributed by atoms with Gasteiger partial charge in [0.2, 0.25) is 0 Å². The highest BCUT2D eigenvalue weighted by molar-refractivity contribution is 7.99. The number of benzene rings is 5. The molecule has 0 aromatic heterocycles. The third kappa shape index (κ3) is 4.37. The molecule has 1 heterocycles. The van der Waals surface area contributed by atoms with Crippen molar-refractivity contribution in [3.63, 3.8) is 0 Å². The number of anilines is 6. The second-order valence-corrected chi connectivity index (χ2v) is 14.5. The lowest BCUT2D eigenvalue weighted by molar-refractivity contribution is -0.00518. The molecule has 4 saturated carbocycles. The Morgan fingerprint density at radius 1 is 0.568 bits per heavy atom. The van der Waals surface area contributed by atoms with Crippen LogP contribution in [-0.2, 0) is 5.41 Å². The SMILES string of the molecule is Fc1ccc(N(c2ccc(N3c4ccccc4Sc4ccccc43)cc2)c2ccc(C34CC5CC(CC(C5)C3)C4)cc2)cc1. The molecule has 4 fully saturated rings. The molecule has 0 N–H and O–H groups in total. The number of hydrogen-bond acceptors (Lipinski definition) is 3. The minimum absolute atomic E-state index is 0.221. The summed E-state index contributed by atoms with van der Waals surface area (Å²) in [5.41, 5.74) is 8.50. The first-order valence-corrected chi connectivity index (χ1v) is 16.9. The number of rotatable bonds is 5. The maximum Gasteiger partial charge on any atom is 0.123 e. The molecule has 1 aliphatic heterocycles. The first kappa shape index (κ1) is 26.4. The zero-order valence-electron chi connectivity index (χ0n) is 24.7. The maximum absolute atomic E-state index is 14.0. The predicted molar refractivity (Wildman–Crippen MR) is 180 cm³/mol. The fraction of sp³-hybridized carbons (Fsp3) is 0.250. The zero-order valence-corrected chi connectivity index (χ0v) is 25.5. The van der Waals surface area contributed by atoms with Crippen molar-refractivity contribution >= 4 is 45.9 Å². The molecule has 5 aliphatic rings. The summed E-state index contributed by atoms with van der Waals surface area (Å²) in [7, 11) is 0. The normalized spacial score (nSPS) is 24.6. The van der Waals surface area contributed by atoms with Crippen LogP contribution < -0.4 is 9.80 Å². The Balaban J connectivity index is 1.08. The van der Waals surface area contributed by atoms with Crippen LogP contribution in [0.25, 0.3) is 0 Å². The first-order valence-electron chi connectivity index (χ1n) is 16.0. The summed E-state index contributed by atoms with van der Waals surface area (Å²) < 4.78 is 14.0. The quantitative estimate of drug-likeness (QED) is 0.196. The molecule has 0 amide bonds. The van der Waals surface area contributed by atoms with Crippen molar-refractivity contribution in [3.8, 4) is 0 Å². The minimum Gasteiger partial charge on any atom is -0.311 e. The smallest absolute Gasteiger partial charge is 0.123 e. The summed E-state index contributed by atoms with van der Waals surface area (Å²) in [6.07, 6.45) is 8.46. The van der Waals surface area contributed by atoms with E-state index in [4.69, 9.17) is 0 Å². The molecule has 5 aromatic carbocycles. The van der Waals surface area contributed by atoms with Crippen LogP contribution in [0.4, 0.5) is 38.5 Å². The van der Waals surface area contributed by atoms with Crippen LogP contribution in [0, 0.1) is 23.6 Å². The number of hydrogen-bond donors (Lipinski definition) is 0. The van der Waals surface area contributed by atoms with Crippen molar-refractivity contribution in [2.24, 2.45) is 17.8 Å². The van der Waals surface area contributed by atoms with E-state index in [9.17, 15) is 4.39 Å². The van der Waals surface area contributed by atoms with Crippen LogP contribution in [0.3, 0.4) is 0 Å². The van der Waals surface area contributed by atoms with E-state index in [0.717, 1.165) is 40.5 Å². The van der Waals surface area contributed by atoms with Crippen molar-refractivity contribution in [2.45, 2.75) is 53.7 Å². The molecule has 0 atom stereocenters. The van der Waals surface area contributed by atoms with E-state index in [0.29, 0.717) is 5.41 Å². The molecule has 4 heteroatoms. The van der Waals surface area contributed by atoms with Gasteiger partial charge in [-0.2, -0.15) is 0 Å². The van der Waals surface area contributed by atoms with Crippen molar-refractivity contribution in [3.05, 3.63) is 133 Å². The van der Waals surface area contributed by atoms with E-state index >= 15 is 0 Å². The number of fused-ring (bicyclic) bond motifs is 2. The molecule has 2 nitrogen and oxygen atoms in total. The molecule has 4 aliphatic carbocycles. The highest BCUT2D eigenvalue weighted by atomic mass is 32.2. The highest BCUT2D eigenvalue weighted by Crippen LogP contribution is 2.61. The summed E-state index contributed by atoms with van der Waals surface area (Å²) >= 11 is 1.82. The van der Waals surface area contributed by atoms with Crippen LogP contribution >= 0.6 is 11.8 Å². The monoisotopic (exact) mass is 594 g/mol. The summed E-state index contributed by atoms with van der Waals surface area (Å²) in [5.74, 6) is 2.55. The van der Waals surface area contributed by atoms with Crippen molar-refractivity contribution in [1.82, 2.24) is 0 Å². The van der Waals surface area contributed by atoms with Gasteiger partial charge in [0, 0.05) is 32.5 Å². The van der Waals surface area contributed by atoms with Gasteiger partial charge in [0.15, 0.2) is 0 Å². The average molecular weight is 595 g/mol. The van der Waals surface area contributed by atoms with E-state index < -0.39 is 0 Å². The molecule has 4 bridgehead atoms. The van der Waals surface area contributed by atoms with Gasteiger partial charge in [-0.1, -0.05) is 48.2 Å². The lowest BCUT2D eigenvalue weighted by Crippen LogP contribution is -2.48. The standard InChI is InChI=1S/C40H35FN2S/c41-31-11-15-33(16-12-31)42(32-13-9-30(10-14-32)40-24-27-21-28(25-40)23-29(22-27)26-40)34-17-19-35(20-18-34)43-36-5-1-3-7-38(36)44-39-8-4-2-6-37(39)43/h1-20,27-29H,21-26H2. The Labute approximate surface area is 263 Å². The fourth-order valence-corrected chi connectivity index (χ4v) is 10.3. The Hall–Kier alpha value is -4.02. The third-order valence-electron chi connectivity index (χ3n) is 10.7. The van der Waals surface area contributed by atoms with Gasteiger partial charge < -0.3 is 9.80 Å². The van der Waals surface area contributed by atoms with Gasteiger partial charge in [0.05, 0.1) is 11.4 Å². The lowest BCUT2D eigenvalue weighted by Gasteiger charge is -2.57. The molecule has 44 heavy (non-hydrogen) atoms. The van der Waals surface area contributed by atoms with Gasteiger partial charge in [0.25, 0.3) is 0 Å². The Morgan fingerprint density at radius 2 is 1.02 bits per heavy atom. The third-order valence-corrected chi connectivity index (χ3v) is 11.8. The van der Waals surface area contributed by atoms with E-state index in [1.807, 2.05) is 23.9 Å². The van der Waals surface area contributed by atoms with Gasteiger partial charge in [0.1, 0.15) is 5.82 Å². The van der Waals surface area contributed by atoms with Gasteiger partial charge >= 0.3 is 0 Å². The molecule has 0 saturated heterocycles. The lowest BCUT2D eigenvalue weighted by atomic mass is 9.48. The second-order valence-electron chi connectivity index (χ2n) is 13.4. The Kier molecular flexibility index (Phi) is 6.16. The van der Waals surface area contributed by atoms with E-state index in [1.54, 1.807) is 12.1 Å². The van der Waals surface area contributed by atoms with Crippen molar-refractivity contribution in [1.29, 1.82) is 0 Å². The van der Waals surface area contributed by atoms with Gasteiger partial charge in [-0.15, -0.1) is 0 Å². The second kappa shape index (κ2) is 10.3.